The van der Waals surface area contributed by atoms with E-state index in [0.717, 1.165) is 5.41 Å². The fraction of sp³-hybridized carbons (Fsp3) is 0.0714. The van der Waals surface area contributed by atoms with E-state index < -0.39 is 9.84 Å². The van der Waals surface area contributed by atoms with Crippen molar-refractivity contribution in [2.75, 3.05) is 0 Å². The van der Waals surface area contributed by atoms with Crippen molar-refractivity contribution in [3.05, 3.63) is 62.7 Å². The lowest BCUT2D eigenvalue weighted by Gasteiger charge is -2.07. The Hall–Kier alpha value is -1.07. The molecular weight excluding hydrogens is 353 g/mol. The molecule has 0 fully saturated rings. The van der Waals surface area contributed by atoms with Crippen LogP contribution in [0.3, 0.4) is 0 Å². The lowest BCUT2D eigenvalue weighted by Crippen LogP contribution is -2.00. The van der Waals surface area contributed by atoms with E-state index in [1.54, 1.807) is 31.3 Å². The minimum Gasteiger partial charge on any atom is -0.257 e. The summed E-state index contributed by atoms with van der Waals surface area (Å²) in [6, 6.07) is 7.91. The van der Waals surface area contributed by atoms with E-state index in [-0.39, 0.29) is 20.0 Å². The fourth-order valence-electron chi connectivity index (χ4n) is 1.75. The first-order valence-electron chi connectivity index (χ1n) is 5.80. The zero-order valence-corrected chi connectivity index (χ0v) is 13.9. The predicted molar refractivity (Wildman–Crippen MR) is 86.5 cm³/mol. The number of sulfone groups is 1. The standard InChI is InChI=1S/C14H10Cl3NO2S/c1-9(13-4-2-3-5-18-13)8-21(19,20)14-11(16)6-10(15)7-12(14)17/h2-8H,1H3/b9-8-. The van der Waals surface area contributed by atoms with Crippen LogP contribution in [0.25, 0.3) is 5.57 Å². The largest absolute Gasteiger partial charge is 0.257 e. The van der Waals surface area contributed by atoms with Crippen LogP contribution in [0.2, 0.25) is 15.1 Å². The van der Waals surface area contributed by atoms with Crippen LogP contribution in [0.1, 0.15) is 12.6 Å². The van der Waals surface area contributed by atoms with Crippen LogP contribution in [0.4, 0.5) is 0 Å². The first-order valence-corrected chi connectivity index (χ1v) is 8.48. The summed E-state index contributed by atoms with van der Waals surface area (Å²) in [5, 5.41) is 1.33. The molecule has 0 radical (unpaired) electrons. The quantitative estimate of drug-likeness (QED) is 0.782. The van der Waals surface area contributed by atoms with Crippen LogP contribution in [0, 0.1) is 0 Å². The van der Waals surface area contributed by atoms with Gasteiger partial charge in [0.1, 0.15) is 4.90 Å². The van der Waals surface area contributed by atoms with Gasteiger partial charge in [-0.3, -0.25) is 4.98 Å². The highest BCUT2D eigenvalue weighted by Crippen LogP contribution is 2.34. The molecular formula is C14H10Cl3NO2S. The normalized spacial score (nSPS) is 12.5. The molecule has 3 nitrogen and oxygen atoms in total. The number of nitrogens with zero attached hydrogens (tertiary/aromatic N) is 1. The average molecular weight is 363 g/mol. The van der Waals surface area contributed by atoms with Crippen molar-refractivity contribution in [2.45, 2.75) is 11.8 Å². The maximum atomic E-state index is 12.5. The minimum absolute atomic E-state index is 0.0161. The molecule has 2 rings (SSSR count). The number of allylic oxidation sites excluding steroid dienone is 1. The molecule has 0 saturated heterocycles. The third kappa shape index (κ3) is 3.77. The van der Waals surface area contributed by atoms with Gasteiger partial charge in [0.25, 0.3) is 0 Å². The summed E-state index contributed by atoms with van der Waals surface area (Å²) >= 11 is 17.7. The highest BCUT2D eigenvalue weighted by Gasteiger charge is 2.21. The SMILES string of the molecule is C/C(=C/S(=O)(=O)c1c(Cl)cc(Cl)cc1Cl)c1ccccn1. The number of benzene rings is 1. The van der Waals surface area contributed by atoms with Crippen LogP contribution >= 0.6 is 34.8 Å². The molecule has 0 spiro atoms. The van der Waals surface area contributed by atoms with Crippen LogP contribution < -0.4 is 0 Å². The van der Waals surface area contributed by atoms with Gasteiger partial charge in [0.05, 0.1) is 15.7 Å². The Balaban J connectivity index is 2.54. The number of hydrogen-bond acceptors (Lipinski definition) is 3. The van der Waals surface area contributed by atoms with Crippen molar-refractivity contribution in [3.8, 4) is 0 Å². The van der Waals surface area contributed by atoms with Gasteiger partial charge in [0, 0.05) is 16.6 Å². The van der Waals surface area contributed by atoms with E-state index in [2.05, 4.69) is 4.98 Å². The molecule has 2 aromatic rings. The zero-order chi connectivity index (χ0) is 15.6. The first kappa shape index (κ1) is 16.3. The molecule has 0 aliphatic heterocycles. The van der Waals surface area contributed by atoms with Crippen molar-refractivity contribution in [1.82, 2.24) is 4.98 Å². The minimum atomic E-state index is -3.81. The lowest BCUT2D eigenvalue weighted by molar-refractivity contribution is 0.605. The monoisotopic (exact) mass is 361 g/mol. The maximum Gasteiger partial charge on any atom is 0.203 e. The van der Waals surface area contributed by atoms with Crippen LogP contribution in [0.15, 0.2) is 46.8 Å². The van der Waals surface area contributed by atoms with Gasteiger partial charge in [-0.05, 0) is 36.8 Å². The number of rotatable bonds is 3. The van der Waals surface area contributed by atoms with Crippen molar-refractivity contribution in [1.29, 1.82) is 0 Å². The lowest BCUT2D eigenvalue weighted by atomic mass is 10.2. The summed E-state index contributed by atoms with van der Waals surface area (Å²) < 4.78 is 24.9. The predicted octanol–water partition coefficient (Wildman–Crippen LogP) is 4.88. The topological polar surface area (TPSA) is 47.0 Å². The molecule has 110 valence electrons. The average Bonchev–Trinajstić information content (AvgIpc) is 2.37. The molecule has 0 aliphatic rings. The summed E-state index contributed by atoms with van der Waals surface area (Å²) in [6.07, 6.45) is 1.58. The molecule has 0 atom stereocenters. The molecule has 0 saturated carbocycles. The Bertz CT molecular complexity index is 779. The van der Waals surface area contributed by atoms with Gasteiger partial charge >= 0.3 is 0 Å². The van der Waals surface area contributed by atoms with Crippen molar-refractivity contribution < 1.29 is 8.42 Å². The van der Waals surface area contributed by atoms with Crippen LogP contribution in [0.5, 0.6) is 0 Å². The molecule has 7 heteroatoms. The van der Waals surface area contributed by atoms with Crippen molar-refractivity contribution in [3.63, 3.8) is 0 Å². The summed E-state index contributed by atoms with van der Waals surface area (Å²) in [5.74, 6) is 0. The summed E-state index contributed by atoms with van der Waals surface area (Å²) in [5.41, 5.74) is 1.04. The Morgan fingerprint density at radius 1 is 1.14 bits per heavy atom. The number of hydrogen-bond donors (Lipinski definition) is 0. The molecule has 21 heavy (non-hydrogen) atoms. The van der Waals surface area contributed by atoms with Crippen molar-refractivity contribution >= 4 is 50.2 Å². The summed E-state index contributed by atoms with van der Waals surface area (Å²) in [7, 11) is -3.81. The van der Waals surface area contributed by atoms with E-state index in [4.69, 9.17) is 34.8 Å². The third-order valence-electron chi connectivity index (χ3n) is 2.65. The molecule has 0 bridgehead atoms. The van der Waals surface area contributed by atoms with E-state index in [1.807, 2.05) is 0 Å². The highest BCUT2D eigenvalue weighted by atomic mass is 35.5. The summed E-state index contributed by atoms with van der Waals surface area (Å²) in [4.78, 5) is 3.93. The van der Waals surface area contributed by atoms with Crippen molar-refractivity contribution in [2.24, 2.45) is 0 Å². The van der Waals surface area contributed by atoms with E-state index in [0.29, 0.717) is 11.3 Å². The molecule has 1 aromatic carbocycles. The van der Waals surface area contributed by atoms with Crippen LogP contribution in [-0.2, 0) is 9.84 Å². The molecule has 0 aliphatic carbocycles. The van der Waals surface area contributed by atoms with Gasteiger partial charge in [-0.25, -0.2) is 8.42 Å². The Labute approximate surface area is 138 Å². The molecule has 0 amide bonds. The Kier molecular flexibility index (Phi) is 4.94. The second kappa shape index (κ2) is 6.36. The third-order valence-corrected chi connectivity index (χ3v) is 5.36. The Morgan fingerprint density at radius 2 is 1.76 bits per heavy atom. The first-order chi connectivity index (χ1) is 9.81. The molecule has 0 unspecified atom stereocenters. The maximum absolute atomic E-state index is 12.5. The summed E-state index contributed by atoms with van der Waals surface area (Å²) in [6.45, 7) is 1.65. The van der Waals surface area contributed by atoms with E-state index >= 15 is 0 Å². The number of halogens is 3. The van der Waals surface area contributed by atoms with Crippen LogP contribution in [-0.4, -0.2) is 13.4 Å². The zero-order valence-electron chi connectivity index (χ0n) is 10.8. The van der Waals surface area contributed by atoms with E-state index in [1.165, 1.54) is 12.1 Å². The molecule has 1 aromatic heterocycles. The number of pyridine rings is 1. The molecule has 1 heterocycles. The van der Waals surface area contributed by atoms with Gasteiger partial charge in [0.2, 0.25) is 9.84 Å². The highest BCUT2D eigenvalue weighted by molar-refractivity contribution is 7.94. The van der Waals surface area contributed by atoms with Gasteiger partial charge in [-0.2, -0.15) is 0 Å². The van der Waals surface area contributed by atoms with E-state index in [9.17, 15) is 8.42 Å². The van der Waals surface area contributed by atoms with Gasteiger partial charge in [-0.1, -0.05) is 40.9 Å². The molecule has 0 N–H and O–H groups in total. The fourth-order valence-corrected chi connectivity index (χ4v) is 4.58. The van der Waals surface area contributed by atoms with Gasteiger partial charge in [0.15, 0.2) is 0 Å². The second-order valence-corrected chi connectivity index (χ2v) is 7.24. The second-order valence-electron chi connectivity index (χ2n) is 4.26. The Morgan fingerprint density at radius 3 is 2.29 bits per heavy atom. The van der Waals surface area contributed by atoms with Gasteiger partial charge < -0.3 is 0 Å². The number of aromatic nitrogens is 1. The van der Waals surface area contributed by atoms with Gasteiger partial charge in [-0.15, -0.1) is 0 Å². The smallest absolute Gasteiger partial charge is 0.203 e.